The Kier molecular flexibility index (Phi) is 3.39. The van der Waals surface area contributed by atoms with Gasteiger partial charge in [0, 0.05) is 43.5 Å². The predicted octanol–water partition coefficient (Wildman–Crippen LogP) is 1.62. The predicted molar refractivity (Wildman–Crippen MR) is 69.1 cm³/mol. The van der Waals surface area contributed by atoms with Gasteiger partial charge in [-0.15, -0.1) is 0 Å². The Morgan fingerprint density at radius 2 is 2.24 bits per heavy atom. The van der Waals surface area contributed by atoms with Crippen molar-refractivity contribution in [2.75, 3.05) is 26.2 Å². The van der Waals surface area contributed by atoms with Gasteiger partial charge in [0.25, 0.3) is 0 Å². The van der Waals surface area contributed by atoms with Crippen molar-refractivity contribution in [1.29, 1.82) is 0 Å². The van der Waals surface area contributed by atoms with Crippen LogP contribution in [0.25, 0.3) is 0 Å². The van der Waals surface area contributed by atoms with Crippen molar-refractivity contribution in [3.05, 3.63) is 30.1 Å². The molecule has 0 bridgehead atoms. The molecule has 17 heavy (non-hydrogen) atoms. The first kappa shape index (κ1) is 11.2. The fraction of sp³-hybridized carbons (Fsp3) is 0.643. The van der Waals surface area contributed by atoms with Gasteiger partial charge in [0.2, 0.25) is 0 Å². The topological polar surface area (TPSA) is 28.2 Å². The highest BCUT2D eigenvalue weighted by atomic mass is 15.2. The monoisotopic (exact) mass is 231 g/mol. The summed E-state index contributed by atoms with van der Waals surface area (Å²) in [6, 6.07) is 7.01. The number of hydrogen-bond donors (Lipinski definition) is 1. The Morgan fingerprint density at radius 3 is 3.12 bits per heavy atom. The van der Waals surface area contributed by atoms with E-state index in [4.69, 9.17) is 0 Å². The SMILES string of the molecule is c1ccc(C2CNCCN3CCCCC23)nc1. The molecular formula is C14H21N3. The second kappa shape index (κ2) is 5.15. The van der Waals surface area contributed by atoms with Crippen LogP contribution in [0.1, 0.15) is 30.9 Å². The summed E-state index contributed by atoms with van der Waals surface area (Å²) >= 11 is 0. The Balaban J connectivity index is 1.85. The van der Waals surface area contributed by atoms with Crippen LogP contribution in [0.3, 0.4) is 0 Å². The molecule has 92 valence electrons. The molecule has 2 saturated heterocycles. The third kappa shape index (κ3) is 2.35. The lowest BCUT2D eigenvalue weighted by Gasteiger charge is -2.38. The molecule has 0 saturated carbocycles. The molecule has 3 heterocycles. The Bertz CT molecular complexity index is 352. The van der Waals surface area contributed by atoms with Gasteiger partial charge in [-0.05, 0) is 31.5 Å². The molecule has 2 aliphatic rings. The minimum atomic E-state index is 0.569. The third-order valence-corrected chi connectivity index (χ3v) is 4.14. The first-order valence-corrected chi connectivity index (χ1v) is 6.81. The highest BCUT2D eigenvalue weighted by molar-refractivity contribution is 5.14. The summed E-state index contributed by atoms with van der Waals surface area (Å²) in [7, 11) is 0. The maximum Gasteiger partial charge on any atom is 0.0462 e. The molecule has 2 atom stereocenters. The van der Waals surface area contributed by atoms with E-state index in [1.807, 2.05) is 12.3 Å². The maximum absolute atomic E-state index is 4.57. The number of nitrogens with zero attached hydrogens (tertiary/aromatic N) is 2. The zero-order valence-corrected chi connectivity index (χ0v) is 10.3. The number of rotatable bonds is 1. The number of pyridine rings is 1. The first-order chi connectivity index (χ1) is 8.45. The van der Waals surface area contributed by atoms with E-state index in [0.29, 0.717) is 12.0 Å². The average Bonchev–Trinajstić information content (AvgIpc) is 2.62. The van der Waals surface area contributed by atoms with Crippen molar-refractivity contribution in [3.63, 3.8) is 0 Å². The van der Waals surface area contributed by atoms with Crippen molar-refractivity contribution in [3.8, 4) is 0 Å². The average molecular weight is 231 g/mol. The Labute approximate surface area is 103 Å². The molecule has 3 nitrogen and oxygen atoms in total. The van der Waals surface area contributed by atoms with Crippen molar-refractivity contribution in [2.45, 2.75) is 31.2 Å². The summed E-state index contributed by atoms with van der Waals surface area (Å²) in [6.07, 6.45) is 6.01. The molecule has 2 fully saturated rings. The minimum absolute atomic E-state index is 0.569. The van der Waals surface area contributed by atoms with Crippen molar-refractivity contribution in [2.24, 2.45) is 0 Å². The van der Waals surface area contributed by atoms with Gasteiger partial charge in [-0.2, -0.15) is 0 Å². The van der Waals surface area contributed by atoms with E-state index in [9.17, 15) is 0 Å². The van der Waals surface area contributed by atoms with Crippen molar-refractivity contribution < 1.29 is 0 Å². The van der Waals surface area contributed by atoms with Gasteiger partial charge in [-0.1, -0.05) is 12.5 Å². The summed E-state index contributed by atoms with van der Waals surface area (Å²) in [5.74, 6) is 0.569. The second-order valence-electron chi connectivity index (χ2n) is 5.16. The zero-order valence-electron chi connectivity index (χ0n) is 10.3. The van der Waals surface area contributed by atoms with Crippen molar-refractivity contribution >= 4 is 0 Å². The van der Waals surface area contributed by atoms with Crippen LogP contribution in [0.5, 0.6) is 0 Å². The Morgan fingerprint density at radius 1 is 1.24 bits per heavy atom. The fourth-order valence-electron chi connectivity index (χ4n) is 3.26. The van der Waals surface area contributed by atoms with Gasteiger partial charge in [0.1, 0.15) is 0 Å². The minimum Gasteiger partial charge on any atom is -0.315 e. The van der Waals surface area contributed by atoms with Crippen LogP contribution in [-0.4, -0.2) is 42.1 Å². The molecular weight excluding hydrogens is 210 g/mol. The third-order valence-electron chi connectivity index (χ3n) is 4.14. The van der Waals surface area contributed by atoms with Gasteiger partial charge in [-0.3, -0.25) is 9.88 Å². The smallest absolute Gasteiger partial charge is 0.0462 e. The van der Waals surface area contributed by atoms with Crippen LogP contribution in [0.15, 0.2) is 24.4 Å². The highest BCUT2D eigenvalue weighted by Crippen LogP contribution is 2.30. The molecule has 3 heteroatoms. The van der Waals surface area contributed by atoms with Gasteiger partial charge in [0.05, 0.1) is 0 Å². The molecule has 2 unspecified atom stereocenters. The normalized spacial score (nSPS) is 30.6. The lowest BCUT2D eigenvalue weighted by molar-refractivity contribution is 0.141. The lowest BCUT2D eigenvalue weighted by atomic mass is 9.88. The number of fused-ring (bicyclic) bond motifs is 1. The van der Waals surface area contributed by atoms with E-state index in [0.717, 1.165) is 13.1 Å². The summed E-state index contributed by atoms with van der Waals surface area (Å²) in [5, 5.41) is 3.57. The van der Waals surface area contributed by atoms with E-state index in [-0.39, 0.29) is 0 Å². The molecule has 0 radical (unpaired) electrons. The molecule has 1 aromatic heterocycles. The van der Waals surface area contributed by atoms with Gasteiger partial charge < -0.3 is 5.32 Å². The molecule has 0 aromatic carbocycles. The molecule has 0 aliphatic carbocycles. The van der Waals surface area contributed by atoms with Crippen LogP contribution in [-0.2, 0) is 0 Å². The van der Waals surface area contributed by atoms with Gasteiger partial charge >= 0.3 is 0 Å². The number of piperidine rings is 1. The van der Waals surface area contributed by atoms with Gasteiger partial charge in [0.15, 0.2) is 0 Å². The molecule has 1 N–H and O–H groups in total. The van der Waals surface area contributed by atoms with E-state index in [2.05, 4.69) is 27.3 Å². The summed E-state index contributed by atoms with van der Waals surface area (Å²) in [6.45, 7) is 4.68. The first-order valence-electron chi connectivity index (χ1n) is 6.81. The number of nitrogens with one attached hydrogen (secondary N) is 1. The number of aromatic nitrogens is 1. The Hall–Kier alpha value is -0.930. The molecule has 0 spiro atoms. The maximum atomic E-state index is 4.57. The van der Waals surface area contributed by atoms with Crippen LogP contribution < -0.4 is 5.32 Å². The summed E-state index contributed by atoms with van der Waals surface area (Å²) < 4.78 is 0. The van der Waals surface area contributed by atoms with E-state index in [1.54, 1.807) is 0 Å². The molecule has 1 aromatic rings. The lowest BCUT2D eigenvalue weighted by Crippen LogP contribution is -2.43. The quantitative estimate of drug-likeness (QED) is 0.796. The van der Waals surface area contributed by atoms with Gasteiger partial charge in [-0.25, -0.2) is 0 Å². The van der Waals surface area contributed by atoms with Crippen LogP contribution >= 0.6 is 0 Å². The fourth-order valence-corrected chi connectivity index (χ4v) is 3.26. The standard InChI is InChI=1S/C14H21N3/c1-3-7-16-13(5-1)12-11-15-8-10-17-9-4-2-6-14(12)17/h1,3,5,7,12,14-15H,2,4,6,8-11H2. The summed E-state index contributed by atoms with van der Waals surface area (Å²) in [5.41, 5.74) is 1.26. The molecule has 2 aliphatic heterocycles. The number of hydrogen-bond acceptors (Lipinski definition) is 3. The van der Waals surface area contributed by atoms with Crippen LogP contribution in [0, 0.1) is 0 Å². The molecule has 3 rings (SSSR count). The second-order valence-corrected chi connectivity index (χ2v) is 5.16. The van der Waals surface area contributed by atoms with E-state index in [1.165, 1.54) is 38.0 Å². The largest absolute Gasteiger partial charge is 0.315 e. The summed E-state index contributed by atoms with van der Waals surface area (Å²) in [4.78, 5) is 7.24. The van der Waals surface area contributed by atoms with Crippen molar-refractivity contribution in [1.82, 2.24) is 15.2 Å². The van der Waals surface area contributed by atoms with Crippen LogP contribution in [0.2, 0.25) is 0 Å². The molecule has 0 amide bonds. The zero-order chi connectivity index (χ0) is 11.5. The van der Waals surface area contributed by atoms with E-state index < -0.39 is 0 Å². The van der Waals surface area contributed by atoms with E-state index >= 15 is 0 Å². The highest BCUT2D eigenvalue weighted by Gasteiger charge is 2.32. The van der Waals surface area contributed by atoms with Crippen LogP contribution in [0.4, 0.5) is 0 Å².